The number of hydrogen-bond donors (Lipinski definition) is 1. The molecule has 1 atom stereocenters. The van der Waals surface area contributed by atoms with Gasteiger partial charge in [-0.05, 0) is 22.6 Å². The van der Waals surface area contributed by atoms with E-state index in [1.165, 1.54) is 7.11 Å². The molecule has 0 aliphatic carbocycles. The molecule has 0 spiro atoms. The van der Waals surface area contributed by atoms with Crippen molar-refractivity contribution >= 4 is 28.6 Å². The largest absolute Gasteiger partial charge is 0.371 e. The second-order valence-electron chi connectivity index (χ2n) is 0.989. The summed E-state index contributed by atoms with van der Waals surface area (Å²) in [6.45, 7) is 0. The fourth-order valence-corrected chi connectivity index (χ4v) is 0.297. The summed E-state index contributed by atoms with van der Waals surface area (Å²) >= 11 is 1.75. The van der Waals surface area contributed by atoms with E-state index in [4.69, 9.17) is 0 Å². The van der Waals surface area contributed by atoms with Crippen molar-refractivity contribution in [1.82, 2.24) is 0 Å². The van der Waals surface area contributed by atoms with Crippen molar-refractivity contribution in [2.45, 2.75) is 4.11 Å². The van der Waals surface area contributed by atoms with Crippen LogP contribution in [0.5, 0.6) is 0 Å². The van der Waals surface area contributed by atoms with Gasteiger partial charge in [-0.15, -0.1) is 0 Å². The van der Waals surface area contributed by atoms with Crippen LogP contribution in [0.4, 0.5) is 0 Å². The minimum absolute atomic E-state index is 0.576. The Bertz CT molecular complexity index is 86.6. The molecule has 0 saturated carbocycles. The third-order valence-corrected chi connectivity index (χ3v) is 1.53. The van der Waals surface area contributed by atoms with Crippen LogP contribution in [0.2, 0.25) is 0 Å². The van der Waals surface area contributed by atoms with Crippen LogP contribution in [0, 0.1) is 0 Å². The van der Waals surface area contributed by atoms with Crippen molar-refractivity contribution < 1.29 is 14.4 Å². The van der Waals surface area contributed by atoms with Gasteiger partial charge in [0.15, 0.2) is 0 Å². The van der Waals surface area contributed by atoms with Crippen LogP contribution < -0.4 is 5.90 Å². The number of rotatable bonds is 2. The van der Waals surface area contributed by atoms with Gasteiger partial charge in [0.2, 0.25) is 4.11 Å². The molecule has 0 aromatic rings. The van der Waals surface area contributed by atoms with E-state index >= 15 is 0 Å². The average Bonchev–Trinajstić information content (AvgIpc) is 1.84. The summed E-state index contributed by atoms with van der Waals surface area (Å²) in [5.74, 6) is 3.94. The Morgan fingerprint density at radius 3 is 2.50 bits per heavy atom. The fraction of sp³-hybridized carbons (Fsp3) is 0.667. The highest BCUT2D eigenvalue weighted by Gasteiger charge is 2.12. The van der Waals surface area contributed by atoms with E-state index < -0.39 is 10.1 Å². The van der Waals surface area contributed by atoms with Crippen molar-refractivity contribution in [2.24, 2.45) is 5.90 Å². The predicted molar refractivity (Wildman–Crippen MR) is 35.1 cm³/mol. The van der Waals surface area contributed by atoms with E-state index in [1.807, 2.05) is 0 Å². The van der Waals surface area contributed by atoms with Gasteiger partial charge in [-0.25, -0.2) is 4.79 Å². The topological polar surface area (TPSA) is 61.5 Å². The summed E-state index contributed by atoms with van der Waals surface area (Å²) < 4.78 is 3.94. The maximum atomic E-state index is 10.3. The molecule has 0 bridgehead atoms. The lowest BCUT2D eigenvalue weighted by molar-refractivity contribution is -0.149. The lowest BCUT2D eigenvalue weighted by Crippen LogP contribution is -2.21. The lowest BCUT2D eigenvalue weighted by Gasteiger charge is -2.01. The number of hydrogen-bond acceptors (Lipinski definition) is 4. The quantitative estimate of drug-likeness (QED) is 0.406. The zero-order valence-corrected chi connectivity index (χ0v) is 6.41. The molecule has 48 valence electrons. The highest BCUT2D eigenvalue weighted by atomic mass is 127. The molecule has 2 N–H and O–H groups in total. The molecule has 0 aliphatic heterocycles. The molecule has 0 saturated heterocycles. The molecule has 0 fully saturated rings. The molecule has 4 nitrogen and oxygen atoms in total. The lowest BCUT2D eigenvalue weighted by atomic mass is 10.7. The summed E-state index contributed by atoms with van der Waals surface area (Å²) in [6.07, 6.45) is 0. The van der Waals surface area contributed by atoms with E-state index in [0.717, 1.165) is 0 Å². The first-order valence-corrected chi connectivity index (χ1v) is 3.04. The summed E-state index contributed by atoms with van der Waals surface area (Å²) in [5, 5.41) is 0. The summed E-state index contributed by atoms with van der Waals surface area (Å²) in [6, 6.07) is 0. The molecule has 0 rings (SSSR count). The third-order valence-electron chi connectivity index (χ3n) is 0.508. The molecule has 8 heavy (non-hydrogen) atoms. The second-order valence-corrected chi connectivity index (χ2v) is 2.12. The second kappa shape index (κ2) is 4.04. The molecule has 0 amide bonds. The third kappa shape index (κ3) is 2.43. The van der Waals surface area contributed by atoms with E-state index in [0.29, 0.717) is 0 Å². The number of ether oxygens (including phenoxy) is 1. The smallest absolute Gasteiger partial charge is 0.363 e. The van der Waals surface area contributed by atoms with Crippen molar-refractivity contribution in [3.8, 4) is 0 Å². The van der Waals surface area contributed by atoms with Gasteiger partial charge in [-0.1, -0.05) is 0 Å². The first kappa shape index (κ1) is 8.12. The van der Waals surface area contributed by atoms with Crippen LogP contribution in [0.1, 0.15) is 0 Å². The standard InChI is InChI=1S/C3H6INO3/c1-7-2(4)3(6)8-5/h2H,5H2,1H3. The Hall–Kier alpha value is 0.120. The summed E-state index contributed by atoms with van der Waals surface area (Å²) in [7, 11) is 1.40. The van der Waals surface area contributed by atoms with Gasteiger partial charge < -0.3 is 9.57 Å². The van der Waals surface area contributed by atoms with Gasteiger partial charge in [0.05, 0.1) is 0 Å². The van der Waals surface area contributed by atoms with Crippen molar-refractivity contribution in [2.75, 3.05) is 7.11 Å². The van der Waals surface area contributed by atoms with E-state index in [2.05, 4.69) is 15.5 Å². The number of methoxy groups -OCH3 is 1. The first-order chi connectivity index (χ1) is 3.72. The normalized spacial score (nSPS) is 12.9. The zero-order valence-electron chi connectivity index (χ0n) is 4.26. The Balaban J connectivity index is 3.46. The maximum Gasteiger partial charge on any atom is 0.363 e. The molecule has 0 aromatic carbocycles. The highest BCUT2D eigenvalue weighted by molar-refractivity contribution is 14.1. The van der Waals surface area contributed by atoms with Gasteiger partial charge in [0.1, 0.15) is 0 Å². The fourth-order valence-electron chi connectivity index (χ4n) is 0.150. The number of carbonyl (C=O) groups excluding carboxylic acids is 1. The number of alkyl halides is 1. The van der Waals surface area contributed by atoms with Gasteiger partial charge in [0, 0.05) is 7.11 Å². The monoisotopic (exact) mass is 231 g/mol. The van der Waals surface area contributed by atoms with Crippen molar-refractivity contribution in [3.05, 3.63) is 0 Å². The SMILES string of the molecule is COC(I)C(=O)ON. The van der Waals surface area contributed by atoms with Crippen LogP contribution in [0.3, 0.4) is 0 Å². The van der Waals surface area contributed by atoms with Gasteiger partial charge in [-0.2, -0.15) is 5.90 Å². The van der Waals surface area contributed by atoms with Crippen LogP contribution >= 0.6 is 22.6 Å². The Morgan fingerprint density at radius 1 is 1.88 bits per heavy atom. The van der Waals surface area contributed by atoms with E-state index in [-0.39, 0.29) is 0 Å². The van der Waals surface area contributed by atoms with Gasteiger partial charge in [-0.3, -0.25) is 0 Å². The minimum atomic E-state index is -0.599. The van der Waals surface area contributed by atoms with Gasteiger partial charge >= 0.3 is 5.97 Å². The molecule has 0 aromatic heterocycles. The Kier molecular flexibility index (Phi) is 4.11. The maximum absolute atomic E-state index is 10.3. The van der Waals surface area contributed by atoms with Crippen LogP contribution in [-0.2, 0) is 14.4 Å². The molecule has 0 aliphatic rings. The Labute approximate surface area is 60.4 Å². The molecule has 1 unspecified atom stereocenters. The molecule has 0 heterocycles. The number of halogens is 1. The van der Waals surface area contributed by atoms with Crippen LogP contribution in [0.15, 0.2) is 0 Å². The zero-order chi connectivity index (χ0) is 6.57. The first-order valence-electron chi connectivity index (χ1n) is 1.79. The molecular formula is C3H6INO3. The Morgan fingerprint density at radius 2 is 2.38 bits per heavy atom. The molecular weight excluding hydrogens is 225 g/mol. The summed E-state index contributed by atoms with van der Waals surface area (Å²) in [5.41, 5.74) is 0. The van der Waals surface area contributed by atoms with Crippen molar-refractivity contribution in [3.63, 3.8) is 0 Å². The van der Waals surface area contributed by atoms with E-state index in [9.17, 15) is 4.79 Å². The van der Waals surface area contributed by atoms with E-state index in [1.54, 1.807) is 22.6 Å². The van der Waals surface area contributed by atoms with Crippen LogP contribution in [-0.4, -0.2) is 17.2 Å². The number of carbonyl (C=O) groups is 1. The van der Waals surface area contributed by atoms with Crippen LogP contribution in [0.25, 0.3) is 0 Å². The molecule has 5 heteroatoms. The predicted octanol–water partition coefficient (Wildman–Crippen LogP) is -0.189. The number of nitrogens with two attached hydrogens (primary N) is 1. The average molecular weight is 231 g/mol. The summed E-state index contributed by atoms with van der Waals surface area (Å²) in [4.78, 5) is 14.1. The highest BCUT2D eigenvalue weighted by Crippen LogP contribution is 2.00. The minimum Gasteiger partial charge on any atom is -0.371 e. The van der Waals surface area contributed by atoms with Gasteiger partial charge in [0.25, 0.3) is 0 Å². The van der Waals surface area contributed by atoms with Crippen molar-refractivity contribution in [1.29, 1.82) is 0 Å². The molecule has 0 radical (unpaired) electrons.